The summed E-state index contributed by atoms with van der Waals surface area (Å²) in [6, 6.07) is 13.7. The molecule has 2 fully saturated rings. The Kier molecular flexibility index (Phi) is 12.5. The number of nitrogens with zero attached hydrogens (tertiary/aromatic N) is 7. The standard InChI is InChI=1S/C23H23F3N4O3.C18H15F3N4O.CH4/c1-23(2,3)33-22(32)29-11-9-28(10-12-29)20-21(31)30(19-15(25)5-4-6-16(19)26)18-8-7-14(24)13-17(18)27-20;19-11-4-5-15-14(10-11)23-17(24-8-6-22-7-9-24)18(26)25(15)16-12(20)2-1-3-13(16)21;/h4-8,13H,9-12H2,1-3H3;1-5,10,22H,6-9H2;1H4. The Bertz CT molecular complexity index is 2650. The second-order valence-electron chi connectivity index (χ2n) is 14.8. The topological polar surface area (TPSA) is 118 Å². The third kappa shape index (κ3) is 8.78. The number of para-hydroxylation sites is 2. The van der Waals surface area contributed by atoms with E-state index < -0.39 is 69.1 Å². The Hall–Kier alpha value is -6.43. The lowest BCUT2D eigenvalue weighted by Gasteiger charge is -2.36. The molecule has 60 heavy (non-hydrogen) atoms. The van der Waals surface area contributed by atoms with Gasteiger partial charge < -0.3 is 24.8 Å². The zero-order chi connectivity index (χ0) is 42.2. The fourth-order valence-electron chi connectivity index (χ4n) is 6.86. The minimum Gasteiger partial charge on any atom is -0.444 e. The first-order chi connectivity index (χ1) is 28.1. The number of rotatable bonds is 4. The summed E-state index contributed by atoms with van der Waals surface area (Å²) in [5.41, 5.74) is -2.65. The smallest absolute Gasteiger partial charge is 0.410 e. The number of hydrogen-bond donors (Lipinski definition) is 1. The van der Waals surface area contributed by atoms with Crippen molar-refractivity contribution >= 4 is 39.8 Å². The zero-order valence-electron chi connectivity index (χ0n) is 32.1. The molecule has 2 aliphatic heterocycles. The fraction of sp³-hybridized carbons (Fsp3) is 0.310. The van der Waals surface area contributed by atoms with Crippen LogP contribution in [0.15, 0.2) is 82.4 Å². The molecule has 18 heteroatoms. The van der Waals surface area contributed by atoms with Gasteiger partial charge in [0.15, 0.2) is 11.6 Å². The second-order valence-corrected chi connectivity index (χ2v) is 14.8. The Morgan fingerprint density at radius 1 is 0.617 bits per heavy atom. The van der Waals surface area contributed by atoms with E-state index in [9.17, 15) is 40.7 Å². The number of piperazine rings is 2. The molecule has 6 aromatic rings. The van der Waals surface area contributed by atoms with Gasteiger partial charge in [0, 0.05) is 64.5 Å². The molecule has 4 heterocycles. The molecule has 0 spiro atoms. The van der Waals surface area contributed by atoms with E-state index in [1.165, 1.54) is 29.2 Å². The van der Waals surface area contributed by atoms with Crippen molar-refractivity contribution in [3.63, 3.8) is 0 Å². The highest BCUT2D eigenvalue weighted by molar-refractivity contribution is 5.80. The number of halogens is 6. The molecule has 0 radical (unpaired) electrons. The largest absolute Gasteiger partial charge is 0.444 e. The van der Waals surface area contributed by atoms with Crippen molar-refractivity contribution in [1.29, 1.82) is 0 Å². The van der Waals surface area contributed by atoms with Crippen LogP contribution in [0.1, 0.15) is 28.2 Å². The van der Waals surface area contributed by atoms with E-state index in [1.807, 2.05) is 0 Å². The third-order valence-electron chi connectivity index (χ3n) is 9.57. The van der Waals surface area contributed by atoms with E-state index in [0.29, 0.717) is 26.2 Å². The van der Waals surface area contributed by atoms with Gasteiger partial charge in [-0.05, 0) is 69.3 Å². The summed E-state index contributed by atoms with van der Waals surface area (Å²) >= 11 is 0. The first-order valence-electron chi connectivity index (χ1n) is 18.6. The lowest BCUT2D eigenvalue weighted by Crippen LogP contribution is -2.51. The van der Waals surface area contributed by atoms with Crippen LogP contribution in [0.5, 0.6) is 0 Å². The van der Waals surface area contributed by atoms with Gasteiger partial charge in [-0.25, -0.2) is 41.1 Å². The summed E-state index contributed by atoms with van der Waals surface area (Å²) in [6.07, 6.45) is -0.471. The second kappa shape index (κ2) is 17.4. The molecule has 8 rings (SSSR count). The van der Waals surface area contributed by atoms with Crippen LogP contribution >= 0.6 is 0 Å². The first-order valence-corrected chi connectivity index (χ1v) is 18.6. The Balaban J connectivity index is 0.000000203. The van der Waals surface area contributed by atoms with Crippen molar-refractivity contribution in [3.05, 3.63) is 128 Å². The lowest BCUT2D eigenvalue weighted by atomic mass is 10.2. The van der Waals surface area contributed by atoms with Gasteiger partial charge in [0.1, 0.15) is 51.9 Å². The number of nitrogens with one attached hydrogen (secondary N) is 1. The van der Waals surface area contributed by atoms with Crippen LogP contribution in [-0.4, -0.2) is 88.1 Å². The molecular formula is C42H42F6N8O4. The van der Waals surface area contributed by atoms with Gasteiger partial charge in [0.05, 0.1) is 22.1 Å². The minimum atomic E-state index is -0.936. The Labute approximate surface area is 340 Å². The fourth-order valence-corrected chi connectivity index (χ4v) is 6.86. The van der Waals surface area contributed by atoms with Crippen molar-refractivity contribution in [2.75, 3.05) is 62.2 Å². The van der Waals surface area contributed by atoms with Crippen molar-refractivity contribution in [1.82, 2.24) is 29.3 Å². The highest BCUT2D eigenvalue weighted by atomic mass is 19.2. The van der Waals surface area contributed by atoms with Crippen molar-refractivity contribution in [3.8, 4) is 11.4 Å². The molecule has 4 aromatic carbocycles. The van der Waals surface area contributed by atoms with Crippen LogP contribution in [0, 0.1) is 34.9 Å². The number of aromatic nitrogens is 4. The summed E-state index contributed by atoms with van der Waals surface area (Å²) in [5, 5.41) is 3.16. The summed E-state index contributed by atoms with van der Waals surface area (Å²) < 4.78 is 92.8. The average molecular weight is 837 g/mol. The van der Waals surface area contributed by atoms with Gasteiger partial charge >= 0.3 is 6.09 Å². The predicted molar refractivity (Wildman–Crippen MR) is 216 cm³/mol. The molecule has 12 nitrogen and oxygen atoms in total. The number of hydrogen-bond acceptors (Lipinski definition) is 9. The molecule has 2 aliphatic rings. The average Bonchev–Trinajstić information content (AvgIpc) is 3.19. The van der Waals surface area contributed by atoms with E-state index in [1.54, 1.807) is 30.6 Å². The maximum absolute atomic E-state index is 14.6. The summed E-state index contributed by atoms with van der Waals surface area (Å²) in [7, 11) is 0. The zero-order valence-corrected chi connectivity index (χ0v) is 32.1. The highest BCUT2D eigenvalue weighted by Crippen LogP contribution is 2.26. The summed E-state index contributed by atoms with van der Waals surface area (Å²) in [5.74, 6) is -4.81. The summed E-state index contributed by atoms with van der Waals surface area (Å²) in [4.78, 5) is 52.3. The van der Waals surface area contributed by atoms with E-state index in [-0.39, 0.29) is 67.3 Å². The van der Waals surface area contributed by atoms with Crippen LogP contribution in [0.3, 0.4) is 0 Å². The predicted octanol–water partition coefficient (Wildman–Crippen LogP) is 6.71. The highest BCUT2D eigenvalue weighted by Gasteiger charge is 2.29. The molecule has 1 N–H and O–H groups in total. The number of amides is 1. The maximum Gasteiger partial charge on any atom is 0.410 e. The van der Waals surface area contributed by atoms with Crippen LogP contribution in [0.4, 0.5) is 42.8 Å². The number of carbonyl (C=O) groups excluding carboxylic acids is 1. The number of carbonyl (C=O) groups is 1. The number of anilines is 2. The third-order valence-corrected chi connectivity index (χ3v) is 9.57. The van der Waals surface area contributed by atoms with Crippen LogP contribution < -0.4 is 26.2 Å². The molecule has 1 amide bonds. The lowest BCUT2D eigenvalue weighted by molar-refractivity contribution is 0.0240. The van der Waals surface area contributed by atoms with Gasteiger partial charge in [-0.3, -0.25) is 18.7 Å². The SMILES string of the molecule is C.CC(C)(C)OC(=O)N1CCN(c2nc3cc(F)ccc3n(-c3c(F)cccc3F)c2=O)CC1.O=c1c(N2CCNCC2)nc2cc(F)ccc2n1-c1c(F)cccc1F. The van der Waals surface area contributed by atoms with Crippen molar-refractivity contribution in [2.45, 2.75) is 33.8 Å². The monoisotopic (exact) mass is 836 g/mol. The Morgan fingerprint density at radius 2 is 1.02 bits per heavy atom. The normalized spacial score (nSPS) is 14.4. The van der Waals surface area contributed by atoms with Gasteiger partial charge in [0.2, 0.25) is 0 Å². The van der Waals surface area contributed by atoms with Crippen LogP contribution in [-0.2, 0) is 4.74 Å². The summed E-state index contributed by atoms with van der Waals surface area (Å²) in [6.45, 7) is 8.62. The van der Waals surface area contributed by atoms with Gasteiger partial charge in [-0.1, -0.05) is 19.6 Å². The molecule has 2 saturated heterocycles. The van der Waals surface area contributed by atoms with E-state index >= 15 is 0 Å². The van der Waals surface area contributed by atoms with E-state index in [0.717, 1.165) is 57.7 Å². The van der Waals surface area contributed by atoms with E-state index in [4.69, 9.17) is 4.74 Å². The Morgan fingerprint density at radius 3 is 1.42 bits per heavy atom. The molecule has 0 saturated carbocycles. The van der Waals surface area contributed by atoms with Crippen molar-refractivity contribution in [2.24, 2.45) is 0 Å². The van der Waals surface area contributed by atoms with Crippen molar-refractivity contribution < 1.29 is 35.9 Å². The van der Waals surface area contributed by atoms with Gasteiger partial charge in [-0.15, -0.1) is 0 Å². The molecular weight excluding hydrogens is 795 g/mol. The van der Waals surface area contributed by atoms with E-state index in [2.05, 4.69) is 15.3 Å². The first kappa shape index (κ1) is 43.2. The molecule has 0 unspecified atom stereocenters. The van der Waals surface area contributed by atoms with Gasteiger partial charge in [0.25, 0.3) is 11.1 Å². The number of fused-ring (bicyclic) bond motifs is 2. The minimum absolute atomic E-state index is 0. The van der Waals surface area contributed by atoms with Crippen LogP contribution in [0.2, 0.25) is 0 Å². The quantitative estimate of drug-likeness (QED) is 0.194. The molecule has 316 valence electrons. The van der Waals surface area contributed by atoms with Crippen LogP contribution in [0.25, 0.3) is 33.4 Å². The number of benzene rings is 4. The molecule has 2 aromatic heterocycles. The molecule has 0 atom stereocenters. The molecule has 0 aliphatic carbocycles. The van der Waals surface area contributed by atoms with Gasteiger partial charge in [-0.2, -0.15) is 0 Å². The number of ether oxygens (including phenoxy) is 1. The maximum atomic E-state index is 14.6. The molecule has 0 bridgehead atoms.